The molecule has 200 valence electrons. The molecule has 0 amide bonds. The van der Waals surface area contributed by atoms with Crippen molar-refractivity contribution in [3.05, 3.63) is 89.5 Å². The highest BCUT2D eigenvalue weighted by atomic mass is 35.5. The normalized spacial score (nSPS) is 16.7. The summed E-state index contributed by atoms with van der Waals surface area (Å²) >= 11 is 5.97. The van der Waals surface area contributed by atoms with Crippen LogP contribution in [0.25, 0.3) is 6.08 Å². The molecule has 2 atom stereocenters. The van der Waals surface area contributed by atoms with Gasteiger partial charge in [0.25, 0.3) is 0 Å². The van der Waals surface area contributed by atoms with Crippen LogP contribution in [0.3, 0.4) is 0 Å². The molecule has 0 saturated heterocycles. The maximum atomic E-state index is 10.6. The number of para-hydroxylation sites is 2. The van der Waals surface area contributed by atoms with E-state index in [1.807, 2.05) is 88.4 Å². The van der Waals surface area contributed by atoms with Crippen molar-refractivity contribution in [2.45, 2.75) is 33.8 Å². The fraction of sp³-hybridized carbons (Fsp3) is 0.333. The largest absolute Gasteiger partial charge is 0.493 e. The van der Waals surface area contributed by atoms with E-state index < -0.39 is 5.97 Å². The molecular formula is C30H38ClNO5. The van der Waals surface area contributed by atoms with E-state index in [4.69, 9.17) is 30.9 Å². The van der Waals surface area contributed by atoms with Gasteiger partial charge in [-0.1, -0.05) is 86.2 Å². The molecule has 2 aromatic carbocycles. The van der Waals surface area contributed by atoms with Gasteiger partial charge in [-0.25, -0.2) is 4.79 Å². The summed E-state index contributed by atoms with van der Waals surface area (Å²) < 4.78 is 16.0. The van der Waals surface area contributed by atoms with E-state index in [1.54, 1.807) is 19.3 Å². The molecule has 2 aromatic rings. The Balaban J connectivity index is 0.000000360. The highest BCUT2D eigenvalue weighted by molar-refractivity contribution is 6.31. The summed E-state index contributed by atoms with van der Waals surface area (Å²) in [6, 6.07) is 17.5. The third-order valence-electron chi connectivity index (χ3n) is 4.77. The molecule has 6 nitrogen and oxygen atoms in total. The van der Waals surface area contributed by atoms with Gasteiger partial charge in [0.05, 0.1) is 25.0 Å². The van der Waals surface area contributed by atoms with Crippen LogP contribution < -0.4 is 4.74 Å². The van der Waals surface area contributed by atoms with Gasteiger partial charge in [0.2, 0.25) is 0 Å². The Hall–Kier alpha value is -3.19. The molecule has 1 N–H and O–H groups in total. The summed E-state index contributed by atoms with van der Waals surface area (Å²) in [6.07, 6.45) is 8.99. The van der Waals surface area contributed by atoms with Crippen molar-refractivity contribution < 1.29 is 24.1 Å². The number of allylic oxidation sites excluding steroid dienone is 3. The number of carboxylic acids is 1. The Labute approximate surface area is 225 Å². The Morgan fingerprint density at radius 3 is 2.41 bits per heavy atom. The fourth-order valence-corrected chi connectivity index (χ4v) is 3.47. The van der Waals surface area contributed by atoms with Gasteiger partial charge in [0.1, 0.15) is 12.4 Å². The van der Waals surface area contributed by atoms with Crippen molar-refractivity contribution >= 4 is 35.0 Å². The van der Waals surface area contributed by atoms with E-state index in [1.165, 1.54) is 0 Å². The molecule has 1 aliphatic rings. The number of rotatable bonds is 10. The predicted octanol–water partition coefficient (Wildman–Crippen LogP) is 7.33. The SMILES string of the molecule is C/C=C\c1ccccc1N=C(C)COC.CC.O=C(O)COC1C=CC(Cl)=C[C@@H]1COc1ccccc1. The summed E-state index contributed by atoms with van der Waals surface area (Å²) in [5, 5.41) is 9.27. The minimum Gasteiger partial charge on any atom is -0.493 e. The third-order valence-corrected chi connectivity index (χ3v) is 5.02. The van der Waals surface area contributed by atoms with Gasteiger partial charge >= 0.3 is 5.97 Å². The van der Waals surface area contributed by atoms with Gasteiger partial charge in [-0.3, -0.25) is 4.99 Å². The van der Waals surface area contributed by atoms with Crippen LogP contribution in [0, 0.1) is 5.92 Å². The smallest absolute Gasteiger partial charge is 0.329 e. The van der Waals surface area contributed by atoms with E-state index in [0.717, 1.165) is 22.7 Å². The number of benzene rings is 2. The summed E-state index contributed by atoms with van der Waals surface area (Å²) in [6.45, 7) is 8.57. The van der Waals surface area contributed by atoms with Gasteiger partial charge in [-0.05, 0) is 43.7 Å². The van der Waals surface area contributed by atoms with Crippen LogP contribution in [-0.2, 0) is 14.3 Å². The van der Waals surface area contributed by atoms with Crippen LogP contribution in [0.2, 0.25) is 0 Å². The Morgan fingerprint density at radius 2 is 1.76 bits per heavy atom. The molecular weight excluding hydrogens is 490 g/mol. The number of aliphatic imine (C=N–C) groups is 1. The average molecular weight is 528 g/mol. The van der Waals surface area contributed by atoms with Crippen LogP contribution >= 0.6 is 11.6 Å². The van der Waals surface area contributed by atoms with E-state index >= 15 is 0 Å². The van der Waals surface area contributed by atoms with Crippen LogP contribution in [0.15, 0.2) is 88.9 Å². The minimum absolute atomic E-state index is 0.118. The second kappa shape index (κ2) is 19.0. The standard InChI is InChI=1S/C15H15ClO4.C13H17NO.C2H6/c16-12-6-7-14(20-10-15(17)18)11(8-12)9-19-13-4-2-1-3-5-13;1-4-7-12-8-5-6-9-13(12)14-11(2)10-15-3;1-2/h1-8,11,14H,9-10H2,(H,17,18);4-9H,10H2,1-3H3;1-2H3/b;7-4-,14-11?;/t11-,14?;;/m1../s1. The number of carboxylic acid groups (broad SMARTS) is 1. The Morgan fingerprint density at radius 1 is 1.08 bits per heavy atom. The molecule has 7 heteroatoms. The highest BCUT2D eigenvalue weighted by Gasteiger charge is 2.23. The van der Waals surface area contributed by atoms with E-state index in [9.17, 15) is 4.79 Å². The molecule has 1 unspecified atom stereocenters. The van der Waals surface area contributed by atoms with Gasteiger partial charge in [0, 0.05) is 23.8 Å². The molecule has 0 aromatic heterocycles. The van der Waals surface area contributed by atoms with Crippen LogP contribution in [0.5, 0.6) is 5.75 Å². The number of hydrogen-bond donors (Lipinski definition) is 1. The van der Waals surface area contributed by atoms with Crippen molar-refractivity contribution in [2.24, 2.45) is 10.9 Å². The zero-order valence-electron chi connectivity index (χ0n) is 22.3. The number of halogens is 1. The van der Waals surface area contributed by atoms with Crippen molar-refractivity contribution in [3.8, 4) is 5.75 Å². The van der Waals surface area contributed by atoms with Crippen molar-refractivity contribution in [1.82, 2.24) is 0 Å². The number of methoxy groups -OCH3 is 1. The molecule has 0 saturated carbocycles. The van der Waals surface area contributed by atoms with Crippen LogP contribution in [0.4, 0.5) is 5.69 Å². The predicted molar refractivity (Wildman–Crippen MR) is 153 cm³/mol. The third kappa shape index (κ3) is 13.1. The van der Waals surface area contributed by atoms with Gasteiger partial charge < -0.3 is 19.3 Å². The van der Waals surface area contributed by atoms with Crippen molar-refractivity contribution in [1.29, 1.82) is 0 Å². The lowest BCUT2D eigenvalue weighted by molar-refractivity contribution is -0.144. The molecule has 3 rings (SSSR count). The monoisotopic (exact) mass is 527 g/mol. The summed E-state index contributed by atoms with van der Waals surface area (Å²) in [5.74, 6) is -0.364. The Kier molecular flexibility index (Phi) is 16.3. The first-order valence-corrected chi connectivity index (χ1v) is 12.6. The average Bonchev–Trinajstić information content (AvgIpc) is 2.90. The molecule has 37 heavy (non-hydrogen) atoms. The molecule has 0 spiro atoms. The van der Waals surface area contributed by atoms with Gasteiger partial charge in [0.15, 0.2) is 0 Å². The number of aliphatic carboxylic acids is 1. The van der Waals surface area contributed by atoms with Crippen LogP contribution in [0.1, 0.15) is 33.3 Å². The maximum Gasteiger partial charge on any atom is 0.329 e. The summed E-state index contributed by atoms with van der Waals surface area (Å²) in [4.78, 5) is 15.1. The molecule has 0 heterocycles. The highest BCUT2D eigenvalue weighted by Crippen LogP contribution is 2.24. The lowest BCUT2D eigenvalue weighted by Gasteiger charge is -2.24. The first-order valence-electron chi connectivity index (χ1n) is 12.2. The fourth-order valence-electron chi connectivity index (χ4n) is 3.24. The zero-order chi connectivity index (χ0) is 27.5. The first kappa shape index (κ1) is 31.8. The minimum atomic E-state index is -0.998. The lowest BCUT2D eigenvalue weighted by atomic mass is 9.98. The summed E-state index contributed by atoms with van der Waals surface area (Å²) in [5.41, 5.74) is 3.11. The second-order valence-electron chi connectivity index (χ2n) is 7.71. The molecule has 1 aliphatic carbocycles. The zero-order valence-corrected chi connectivity index (χ0v) is 23.0. The second-order valence-corrected chi connectivity index (χ2v) is 8.14. The summed E-state index contributed by atoms with van der Waals surface area (Å²) in [7, 11) is 1.68. The van der Waals surface area contributed by atoms with Gasteiger partial charge in [-0.2, -0.15) is 0 Å². The van der Waals surface area contributed by atoms with Crippen molar-refractivity contribution in [3.63, 3.8) is 0 Å². The van der Waals surface area contributed by atoms with Gasteiger partial charge in [-0.15, -0.1) is 0 Å². The maximum absolute atomic E-state index is 10.6. The molecule has 0 aliphatic heterocycles. The van der Waals surface area contributed by atoms with E-state index in [0.29, 0.717) is 18.2 Å². The Bertz CT molecular complexity index is 1050. The first-order chi connectivity index (χ1) is 17.9. The van der Waals surface area contributed by atoms with E-state index in [2.05, 4.69) is 17.1 Å². The number of carbonyl (C=O) groups is 1. The lowest BCUT2D eigenvalue weighted by Crippen LogP contribution is -2.29. The number of ether oxygens (including phenoxy) is 3. The quantitative estimate of drug-likeness (QED) is 0.327. The number of nitrogens with zero attached hydrogens (tertiary/aromatic N) is 1. The molecule has 0 radical (unpaired) electrons. The molecule has 0 fully saturated rings. The molecule has 0 bridgehead atoms. The van der Waals surface area contributed by atoms with Crippen molar-refractivity contribution in [2.75, 3.05) is 26.9 Å². The van der Waals surface area contributed by atoms with Crippen LogP contribution in [-0.4, -0.2) is 49.8 Å². The topological polar surface area (TPSA) is 77.4 Å². The number of hydrogen-bond acceptors (Lipinski definition) is 5. The van der Waals surface area contributed by atoms with E-state index in [-0.39, 0.29) is 18.6 Å².